The molecule has 0 N–H and O–H groups in total. The number of esters is 1. The second-order valence-corrected chi connectivity index (χ2v) is 8.14. The van der Waals surface area contributed by atoms with Crippen molar-refractivity contribution in [3.8, 4) is 0 Å². The fourth-order valence-corrected chi connectivity index (χ4v) is 4.37. The molecule has 1 aliphatic carbocycles. The fraction of sp³-hybridized carbons (Fsp3) is 0.500. The highest BCUT2D eigenvalue weighted by atomic mass is 19.4. The topological polar surface area (TPSA) is 38.8 Å². The lowest BCUT2D eigenvalue weighted by Gasteiger charge is -2.19. The highest BCUT2D eigenvalue weighted by molar-refractivity contribution is 5.96. The number of alkyl halides is 3. The molecule has 3 aliphatic rings. The smallest absolute Gasteiger partial charge is 0.416 e. The Labute approximate surface area is 162 Å². The number of halogens is 3. The number of benzene rings is 1. The van der Waals surface area contributed by atoms with Gasteiger partial charge in [0.05, 0.1) is 11.2 Å². The van der Waals surface area contributed by atoms with Gasteiger partial charge in [-0.15, -0.1) is 0 Å². The molecule has 0 radical (unpaired) electrons. The molecule has 0 amide bonds. The van der Waals surface area contributed by atoms with Crippen molar-refractivity contribution in [3.05, 3.63) is 52.6 Å². The normalized spacial score (nSPS) is 36.2. The number of fused-ring (bicyclic) bond motifs is 3. The highest BCUT2D eigenvalue weighted by Gasteiger charge is 2.61. The van der Waals surface area contributed by atoms with Gasteiger partial charge in [-0.1, -0.05) is 29.8 Å². The first-order chi connectivity index (χ1) is 13.2. The predicted molar refractivity (Wildman–Crippen MR) is 98.3 cm³/mol. The zero-order valence-electron chi connectivity index (χ0n) is 15.9. The Morgan fingerprint density at radius 3 is 2.75 bits per heavy atom. The van der Waals surface area contributed by atoms with Crippen LogP contribution in [0, 0.1) is 5.92 Å². The Kier molecular flexibility index (Phi) is 4.65. The number of hydrogen-bond acceptors (Lipinski definition) is 3. The van der Waals surface area contributed by atoms with Crippen molar-refractivity contribution in [1.82, 2.24) is 0 Å². The molecule has 1 aromatic carbocycles. The van der Waals surface area contributed by atoms with Gasteiger partial charge in [-0.3, -0.25) is 0 Å². The van der Waals surface area contributed by atoms with Crippen LogP contribution < -0.4 is 0 Å². The van der Waals surface area contributed by atoms with E-state index in [1.54, 1.807) is 6.07 Å². The first-order valence-electron chi connectivity index (χ1n) is 9.61. The minimum absolute atomic E-state index is 0.00793. The van der Waals surface area contributed by atoms with Crippen LogP contribution in [0.3, 0.4) is 0 Å². The Hall–Kier alpha value is -2.08. The molecular weight excluding hydrogens is 369 g/mol. The molecule has 0 saturated carbocycles. The molecule has 3 nitrogen and oxygen atoms in total. The van der Waals surface area contributed by atoms with Crippen molar-refractivity contribution >= 4 is 12.0 Å². The minimum Gasteiger partial charge on any atom is -0.455 e. The molecule has 6 heteroatoms. The van der Waals surface area contributed by atoms with E-state index in [0.717, 1.165) is 25.3 Å². The summed E-state index contributed by atoms with van der Waals surface area (Å²) < 4.78 is 51.6. The Balaban J connectivity index is 1.72. The Morgan fingerprint density at radius 1 is 1.25 bits per heavy atom. The van der Waals surface area contributed by atoms with Gasteiger partial charge < -0.3 is 9.47 Å². The Morgan fingerprint density at radius 2 is 2.00 bits per heavy atom. The van der Waals surface area contributed by atoms with Crippen molar-refractivity contribution in [1.29, 1.82) is 0 Å². The molecule has 4 atom stereocenters. The molecule has 150 valence electrons. The first-order valence-corrected chi connectivity index (χ1v) is 9.61. The van der Waals surface area contributed by atoms with Crippen LogP contribution in [0.1, 0.15) is 50.7 Å². The third-order valence-electron chi connectivity index (χ3n) is 6.07. The van der Waals surface area contributed by atoms with E-state index in [1.807, 2.05) is 13.8 Å². The SMILES string of the molecule is C/C1=C\CC[C@@]2(C)O[C@H]2[C@H]2OC(=O)/C(=C/c3ccccc3C(F)(F)F)[C@@H]2CC1. The maximum Gasteiger partial charge on any atom is 0.416 e. The van der Waals surface area contributed by atoms with E-state index in [1.165, 1.54) is 23.8 Å². The number of carbonyl (C=O) groups excluding carboxylic acids is 1. The number of rotatable bonds is 1. The fourth-order valence-electron chi connectivity index (χ4n) is 4.37. The molecule has 2 heterocycles. The van der Waals surface area contributed by atoms with Crippen LogP contribution in [0.4, 0.5) is 13.2 Å². The van der Waals surface area contributed by atoms with Gasteiger partial charge in [0.15, 0.2) is 0 Å². The van der Waals surface area contributed by atoms with Gasteiger partial charge in [0.2, 0.25) is 0 Å². The van der Waals surface area contributed by atoms with E-state index in [-0.39, 0.29) is 23.2 Å². The maximum atomic E-state index is 13.4. The molecule has 2 saturated heterocycles. The molecule has 1 aromatic rings. The highest BCUT2D eigenvalue weighted by Crippen LogP contribution is 2.50. The van der Waals surface area contributed by atoms with Crippen LogP contribution >= 0.6 is 0 Å². The summed E-state index contributed by atoms with van der Waals surface area (Å²) >= 11 is 0. The molecule has 2 fully saturated rings. The van der Waals surface area contributed by atoms with Gasteiger partial charge in [-0.25, -0.2) is 4.79 Å². The second-order valence-electron chi connectivity index (χ2n) is 8.14. The van der Waals surface area contributed by atoms with Crippen molar-refractivity contribution in [2.24, 2.45) is 5.92 Å². The first kappa shape index (κ1) is 19.2. The molecular formula is C22H23F3O3. The number of hydrogen-bond donors (Lipinski definition) is 0. The molecule has 2 aliphatic heterocycles. The lowest BCUT2D eigenvalue weighted by Crippen LogP contribution is -2.28. The second kappa shape index (κ2) is 6.76. The minimum atomic E-state index is -4.48. The summed E-state index contributed by atoms with van der Waals surface area (Å²) in [5.41, 5.74) is 0.439. The van der Waals surface area contributed by atoms with Crippen molar-refractivity contribution in [2.75, 3.05) is 0 Å². The number of carbonyl (C=O) groups is 1. The van der Waals surface area contributed by atoms with Gasteiger partial charge in [0.25, 0.3) is 0 Å². The molecule has 0 unspecified atom stereocenters. The van der Waals surface area contributed by atoms with E-state index in [4.69, 9.17) is 9.47 Å². The van der Waals surface area contributed by atoms with Crippen LogP contribution in [0.2, 0.25) is 0 Å². The third kappa shape index (κ3) is 3.50. The van der Waals surface area contributed by atoms with Gasteiger partial charge in [-0.2, -0.15) is 13.2 Å². The number of epoxide rings is 1. The van der Waals surface area contributed by atoms with E-state index in [9.17, 15) is 18.0 Å². The molecule has 0 spiro atoms. The van der Waals surface area contributed by atoms with Crippen molar-refractivity contribution in [3.63, 3.8) is 0 Å². The maximum absolute atomic E-state index is 13.4. The zero-order valence-corrected chi connectivity index (χ0v) is 15.9. The summed E-state index contributed by atoms with van der Waals surface area (Å²) in [6.07, 6.45) is 1.60. The van der Waals surface area contributed by atoms with E-state index in [2.05, 4.69) is 6.08 Å². The largest absolute Gasteiger partial charge is 0.455 e. The summed E-state index contributed by atoms with van der Waals surface area (Å²) in [4.78, 5) is 12.6. The average molecular weight is 392 g/mol. The van der Waals surface area contributed by atoms with Gasteiger partial charge in [0, 0.05) is 11.5 Å². The lowest BCUT2D eigenvalue weighted by atomic mass is 9.83. The van der Waals surface area contributed by atoms with E-state index in [0.29, 0.717) is 12.0 Å². The standard InChI is InChI=1S/C22H23F3O3/c1-13-6-5-11-21(2)19(28-21)18-15(10-9-13)16(20(26)27-18)12-14-7-3-4-8-17(14)22(23,24)25/h3-4,6-8,12,15,18-19H,5,9-11H2,1-2H3/b13-6+,16-12+/t15-,18-,19-,21+/m0/s1. The molecule has 0 aromatic heterocycles. The summed E-state index contributed by atoms with van der Waals surface area (Å²) in [5, 5.41) is 0. The quantitative estimate of drug-likeness (QED) is 0.281. The summed E-state index contributed by atoms with van der Waals surface area (Å²) in [6, 6.07) is 5.31. The van der Waals surface area contributed by atoms with Crippen molar-refractivity contribution in [2.45, 2.75) is 63.5 Å². The summed E-state index contributed by atoms with van der Waals surface area (Å²) in [7, 11) is 0. The molecule has 28 heavy (non-hydrogen) atoms. The van der Waals surface area contributed by atoms with Crippen LogP contribution in [0.25, 0.3) is 6.08 Å². The van der Waals surface area contributed by atoms with Gasteiger partial charge in [0.1, 0.15) is 12.2 Å². The number of allylic oxidation sites excluding steroid dienone is 2. The third-order valence-corrected chi connectivity index (χ3v) is 6.07. The summed E-state index contributed by atoms with van der Waals surface area (Å²) in [5.74, 6) is -0.812. The lowest BCUT2D eigenvalue weighted by molar-refractivity contribution is -0.140. The van der Waals surface area contributed by atoms with Crippen LogP contribution in [0.15, 0.2) is 41.5 Å². The van der Waals surface area contributed by atoms with Crippen molar-refractivity contribution < 1.29 is 27.4 Å². The molecule has 0 bridgehead atoms. The van der Waals surface area contributed by atoms with Gasteiger partial charge >= 0.3 is 12.1 Å². The Bertz CT molecular complexity index is 855. The molecule has 4 rings (SSSR count). The van der Waals surface area contributed by atoms with E-state index >= 15 is 0 Å². The zero-order chi connectivity index (χ0) is 20.1. The summed E-state index contributed by atoms with van der Waals surface area (Å²) in [6.45, 7) is 4.05. The predicted octanol–water partition coefficient (Wildman–Crippen LogP) is 5.31. The van der Waals surface area contributed by atoms with Crippen LogP contribution in [-0.2, 0) is 20.4 Å². The number of ether oxygens (including phenoxy) is 2. The van der Waals surface area contributed by atoms with Gasteiger partial charge in [-0.05, 0) is 57.2 Å². The van der Waals surface area contributed by atoms with Crippen LogP contribution in [0.5, 0.6) is 0 Å². The average Bonchev–Trinajstić information content (AvgIpc) is 3.19. The van der Waals surface area contributed by atoms with Crippen LogP contribution in [-0.4, -0.2) is 23.8 Å². The monoisotopic (exact) mass is 392 g/mol. The van der Waals surface area contributed by atoms with E-state index < -0.39 is 23.8 Å².